The van der Waals surface area contributed by atoms with Crippen LogP contribution in [0.25, 0.3) is 16.9 Å². The lowest BCUT2D eigenvalue weighted by Crippen LogP contribution is -2.42. The topological polar surface area (TPSA) is 162 Å². The number of carbonyl (C=O) groups excluding carboxylic acids is 2. The average molecular weight is 535 g/mol. The summed E-state index contributed by atoms with van der Waals surface area (Å²) < 4.78 is 16.0. The van der Waals surface area contributed by atoms with Gasteiger partial charge in [-0.2, -0.15) is 10.4 Å². The second kappa shape index (κ2) is 10.1. The molecule has 3 amide bonds. The average Bonchev–Trinajstić information content (AvgIpc) is 3.59. The minimum Gasteiger partial charge on any atom is -0.387 e. The predicted octanol–water partition coefficient (Wildman–Crippen LogP) is 2.31. The van der Waals surface area contributed by atoms with Gasteiger partial charge < -0.3 is 26.4 Å². The van der Waals surface area contributed by atoms with E-state index in [4.69, 9.17) is 5.73 Å². The third-order valence-corrected chi connectivity index (χ3v) is 7.67. The van der Waals surface area contributed by atoms with Gasteiger partial charge >= 0.3 is 6.03 Å². The maximum absolute atomic E-state index is 14.3. The number of urea groups is 1. The lowest BCUT2D eigenvalue weighted by molar-refractivity contribution is -0.00177. The number of pyridine rings is 1. The molecule has 5 rings (SSSR count). The minimum atomic E-state index is -1.65. The van der Waals surface area contributed by atoms with Gasteiger partial charge in [-0.15, -0.1) is 0 Å². The lowest BCUT2D eigenvalue weighted by atomic mass is 10.0. The van der Waals surface area contributed by atoms with E-state index in [1.54, 1.807) is 21.5 Å². The molecule has 0 aromatic carbocycles. The zero-order valence-electron chi connectivity index (χ0n) is 21.8. The number of halogens is 1. The quantitative estimate of drug-likeness (QED) is 0.362. The molecule has 4 heterocycles. The van der Waals surface area contributed by atoms with Crippen LogP contribution in [0.5, 0.6) is 0 Å². The van der Waals surface area contributed by atoms with Crippen LogP contribution in [0.15, 0.2) is 36.7 Å². The number of nitrogens with one attached hydrogen (secondary N) is 2. The van der Waals surface area contributed by atoms with Crippen LogP contribution in [0.4, 0.5) is 14.9 Å². The van der Waals surface area contributed by atoms with Gasteiger partial charge in [-0.1, -0.05) is 0 Å². The molecule has 0 spiro atoms. The molecule has 2 fully saturated rings. The highest BCUT2D eigenvalue weighted by molar-refractivity contribution is 6.00. The Morgan fingerprint density at radius 1 is 1.26 bits per heavy atom. The molecule has 4 atom stereocenters. The van der Waals surface area contributed by atoms with Crippen molar-refractivity contribution in [2.45, 2.75) is 44.5 Å². The number of aliphatic hydroxyl groups is 1. The van der Waals surface area contributed by atoms with Crippen LogP contribution in [0.1, 0.15) is 42.6 Å². The maximum atomic E-state index is 14.3. The Kier molecular flexibility index (Phi) is 6.86. The molecule has 3 aromatic heterocycles. The molecule has 5 N–H and O–H groups in total. The molecular weight excluding hydrogens is 503 g/mol. The number of anilines is 1. The first-order valence-electron chi connectivity index (χ1n) is 12.9. The SMILES string of the molecule is CC(C)(O)[C@H](F)CNC(=O)c1cnc(-c2ccc3cc(C#N)cnn23)cc1NC1C[C@@H]2CN(C(N)=O)C[C@@H]2C1. The largest absolute Gasteiger partial charge is 0.387 e. The van der Waals surface area contributed by atoms with Gasteiger partial charge in [0.15, 0.2) is 0 Å². The summed E-state index contributed by atoms with van der Waals surface area (Å²) in [6.07, 6.45) is 2.89. The summed E-state index contributed by atoms with van der Waals surface area (Å²) in [4.78, 5) is 30.9. The van der Waals surface area contributed by atoms with Gasteiger partial charge in [0.05, 0.1) is 52.1 Å². The van der Waals surface area contributed by atoms with E-state index in [1.807, 2.05) is 12.1 Å². The zero-order valence-corrected chi connectivity index (χ0v) is 21.8. The normalized spacial score (nSPS) is 21.4. The van der Waals surface area contributed by atoms with Gasteiger partial charge in [-0.05, 0) is 62.8 Å². The van der Waals surface area contributed by atoms with E-state index in [1.165, 1.54) is 26.2 Å². The fraction of sp³-hybridized carbons (Fsp3) is 0.444. The van der Waals surface area contributed by atoms with E-state index in [-0.39, 0.29) is 18.2 Å². The van der Waals surface area contributed by atoms with Crippen molar-refractivity contribution in [3.05, 3.63) is 47.8 Å². The Bertz CT molecular complexity index is 1450. The molecule has 0 radical (unpaired) electrons. The van der Waals surface area contributed by atoms with E-state index in [2.05, 4.69) is 26.8 Å². The van der Waals surface area contributed by atoms with E-state index in [9.17, 15) is 24.3 Å². The first-order chi connectivity index (χ1) is 18.5. The van der Waals surface area contributed by atoms with E-state index in [0.717, 1.165) is 18.4 Å². The van der Waals surface area contributed by atoms with Crippen LogP contribution in [0.3, 0.4) is 0 Å². The number of carbonyl (C=O) groups is 2. The van der Waals surface area contributed by atoms with Gasteiger partial charge in [0, 0.05) is 25.3 Å². The number of hydrogen-bond donors (Lipinski definition) is 4. The molecule has 1 aliphatic heterocycles. The molecular formula is C27H31FN8O3. The summed E-state index contributed by atoms with van der Waals surface area (Å²) in [6.45, 7) is 3.58. The Morgan fingerprint density at radius 2 is 1.97 bits per heavy atom. The highest BCUT2D eigenvalue weighted by atomic mass is 19.1. The summed E-state index contributed by atoms with van der Waals surface area (Å²) in [7, 11) is 0. The number of amides is 3. The first-order valence-corrected chi connectivity index (χ1v) is 12.9. The number of alkyl halides is 1. The zero-order chi connectivity index (χ0) is 27.9. The smallest absolute Gasteiger partial charge is 0.314 e. The van der Waals surface area contributed by atoms with Crippen molar-refractivity contribution in [2.75, 3.05) is 25.0 Å². The van der Waals surface area contributed by atoms with Gasteiger partial charge in [0.1, 0.15) is 12.2 Å². The van der Waals surface area contributed by atoms with Crippen LogP contribution >= 0.6 is 0 Å². The molecule has 0 bridgehead atoms. The Hall–Kier alpha value is -4.24. The molecule has 1 unspecified atom stereocenters. The standard InChI is InChI=1S/C27H31FN8O3/c1-27(2,39)24(28)12-32-25(37)20-11-31-22(23-4-3-19-5-15(9-29)10-33-36(19)23)8-21(20)34-18-6-16-13-35(26(30)38)14-17(16)7-18/h3-5,8,10-11,16-18,24,39H,6-7,12-14H2,1-2H3,(H2,30,38)(H,31,34)(H,32,37)/t16-,17+,18?,24-/m1/s1. The monoisotopic (exact) mass is 534 g/mol. The number of hydrogen-bond acceptors (Lipinski definition) is 7. The van der Waals surface area contributed by atoms with Crippen molar-refractivity contribution in [3.8, 4) is 17.5 Å². The summed E-state index contributed by atoms with van der Waals surface area (Å²) >= 11 is 0. The second-order valence-corrected chi connectivity index (χ2v) is 10.9. The number of likely N-dealkylation sites (tertiary alicyclic amines) is 1. The highest BCUT2D eigenvalue weighted by Crippen LogP contribution is 2.40. The predicted molar refractivity (Wildman–Crippen MR) is 141 cm³/mol. The first kappa shape index (κ1) is 26.4. The molecule has 1 saturated carbocycles. The lowest BCUT2D eigenvalue weighted by Gasteiger charge is -2.23. The van der Waals surface area contributed by atoms with Crippen LogP contribution < -0.4 is 16.4 Å². The number of nitrogens with zero attached hydrogens (tertiary/aromatic N) is 5. The highest BCUT2D eigenvalue weighted by Gasteiger charge is 2.42. The van der Waals surface area contributed by atoms with Crippen LogP contribution in [-0.4, -0.2) is 74.0 Å². The van der Waals surface area contributed by atoms with Crippen molar-refractivity contribution < 1.29 is 19.1 Å². The molecule has 39 heavy (non-hydrogen) atoms. The van der Waals surface area contributed by atoms with Crippen LogP contribution in [-0.2, 0) is 0 Å². The second-order valence-electron chi connectivity index (χ2n) is 10.9. The summed E-state index contributed by atoms with van der Waals surface area (Å²) in [5.41, 5.74) is 7.06. The molecule has 3 aromatic rings. The molecule has 1 saturated heterocycles. The fourth-order valence-corrected chi connectivity index (χ4v) is 5.50. The third-order valence-electron chi connectivity index (χ3n) is 7.67. The third kappa shape index (κ3) is 5.35. The van der Waals surface area contributed by atoms with Crippen molar-refractivity contribution in [1.82, 2.24) is 24.8 Å². The van der Waals surface area contributed by atoms with Gasteiger partial charge in [-0.3, -0.25) is 9.78 Å². The summed E-state index contributed by atoms with van der Waals surface area (Å²) in [6, 6.07) is 8.89. The summed E-state index contributed by atoms with van der Waals surface area (Å²) in [5, 5.41) is 29.5. The molecule has 11 nitrogen and oxygen atoms in total. The van der Waals surface area contributed by atoms with Crippen molar-refractivity contribution in [2.24, 2.45) is 17.6 Å². The Labute approximate surface area is 224 Å². The van der Waals surface area contributed by atoms with Gasteiger partial charge in [0.25, 0.3) is 5.91 Å². The number of nitrogens with two attached hydrogens (primary N) is 1. The van der Waals surface area contributed by atoms with Crippen molar-refractivity contribution >= 4 is 23.1 Å². The molecule has 12 heteroatoms. The molecule has 2 aliphatic rings. The summed E-state index contributed by atoms with van der Waals surface area (Å²) in [5.74, 6) is 0.125. The van der Waals surface area contributed by atoms with Gasteiger partial charge in [-0.25, -0.2) is 13.7 Å². The molecule has 204 valence electrons. The van der Waals surface area contributed by atoms with Crippen LogP contribution in [0, 0.1) is 23.2 Å². The number of primary amides is 1. The number of nitriles is 1. The van der Waals surface area contributed by atoms with E-state index < -0.39 is 23.7 Å². The fourth-order valence-electron chi connectivity index (χ4n) is 5.50. The van der Waals surface area contributed by atoms with Gasteiger partial charge in [0.2, 0.25) is 0 Å². The number of rotatable bonds is 7. The number of fused-ring (bicyclic) bond motifs is 2. The Morgan fingerprint density at radius 3 is 2.62 bits per heavy atom. The molecule has 1 aliphatic carbocycles. The minimum absolute atomic E-state index is 0.0579. The Balaban J connectivity index is 1.42. The van der Waals surface area contributed by atoms with Crippen LogP contribution in [0.2, 0.25) is 0 Å². The van der Waals surface area contributed by atoms with E-state index >= 15 is 0 Å². The van der Waals surface area contributed by atoms with Crippen molar-refractivity contribution in [3.63, 3.8) is 0 Å². The van der Waals surface area contributed by atoms with Crippen molar-refractivity contribution in [1.29, 1.82) is 5.26 Å². The van der Waals surface area contributed by atoms with E-state index in [0.29, 0.717) is 47.6 Å². The number of aromatic nitrogens is 3. The maximum Gasteiger partial charge on any atom is 0.314 e.